The van der Waals surface area contributed by atoms with Gasteiger partial charge in [-0.1, -0.05) is 32.9 Å². The highest BCUT2D eigenvalue weighted by molar-refractivity contribution is 5.90. The number of carbonyl (C=O) groups is 3. The first kappa shape index (κ1) is 26.1. The summed E-state index contributed by atoms with van der Waals surface area (Å²) in [6.07, 6.45) is 0.280. The number of nitrogens with one attached hydrogen (secondary N) is 2. The number of hydrogen-bond acceptors (Lipinski definition) is 5. The SMILES string of the molecule is CN[C@@H](C)C(=O)NC(C(=O)N1CC[C@@H]2[C@H]1[C@@H](OCc1ccc(F)cc1)CN2C(C)=O)C(C)(C)C. The molecule has 0 aliphatic carbocycles. The fourth-order valence-electron chi connectivity index (χ4n) is 4.79. The highest BCUT2D eigenvalue weighted by Crippen LogP contribution is 2.36. The lowest BCUT2D eigenvalue weighted by atomic mass is 9.85. The predicted molar refractivity (Wildman–Crippen MR) is 126 cm³/mol. The number of amides is 3. The van der Waals surface area contributed by atoms with Gasteiger partial charge in [0.1, 0.15) is 11.9 Å². The van der Waals surface area contributed by atoms with Crippen LogP contribution in [0.4, 0.5) is 4.39 Å². The maximum absolute atomic E-state index is 13.8. The monoisotopic (exact) mass is 476 g/mol. The van der Waals surface area contributed by atoms with Gasteiger partial charge in [0.05, 0.1) is 30.8 Å². The molecule has 0 saturated carbocycles. The topological polar surface area (TPSA) is 91.0 Å². The van der Waals surface area contributed by atoms with Crippen LogP contribution in [-0.2, 0) is 25.7 Å². The van der Waals surface area contributed by atoms with E-state index in [-0.39, 0.29) is 48.3 Å². The largest absolute Gasteiger partial charge is 0.369 e. The number of nitrogens with zero attached hydrogens (tertiary/aromatic N) is 2. The van der Waals surface area contributed by atoms with Crippen molar-refractivity contribution in [1.82, 2.24) is 20.4 Å². The van der Waals surface area contributed by atoms with E-state index in [0.717, 1.165) is 5.56 Å². The summed E-state index contributed by atoms with van der Waals surface area (Å²) in [5.41, 5.74) is 0.303. The molecule has 3 amide bonds. The van der Waals surface area contributed by atoms with E-state index in [4.69, 9.17) is 4.74 Å². The molecule has 9 heteroatoms. The van der Waals surface area contributed by atoms with Gasteiger partial charge in [0.2, 0.25) is 17.7 Å². The number of carbonyl (C=O) groups excluding carboxylic acids is 3. The predicted octanol–water partition coefficient (Wildman–Crippen LogP) is 1.68. The lowest BCUT2D eigenvalue weighted by molar-refractivity contribution is -0.142. The molecule has 2 saturated heterocycles. The second kappa shape index (κ2) is 10.4. The van der Waals surface area contributed by atoms with E-state index in [0.29, 0.717) is 19.5 Å². The van der Waals surface area contributed by atoms with E-state index in [1.54, 1.807) is 35.9 Å². The van der Waals surface area contributed by atoms with Crippen molar-refractivity contribution in [3.05, 3.63) is 35.6 Å². The van der Waals surface area contributed by atoms with Gasteiger partial charge in [-0.05, 0) is 43.5 Å². The molecule has 0 bridgehead atoms. The van der Waals surface area contributed by atoms with Crippen LogP contribution in [0.2, 0.25) is 0 Å². The molecule has 2 aliphatic heterocycles. The molecular weight excluding hydrogens is 439 g/mol. The maximum atomic E-state index is 13.8. The number of halogens is 1. The summed E-state index contributed by atoms with van der Waals surface area (Å²) in [7, 11) is 1.70. The first-order valence-corrected chi connectivity index (χ1v) is 11.9. The van der Waals surface area contributed by atoms with Crippen molar-refractivity contribution in [2.45, 2.75) is 77.9 Å². The third-order valence-corrected chi connectivity index (χ3v) is 6.87. The minimum atomic E-state index is -0.723. The van der Waals surface area contributed by atoms with E-state index in [1.807, 2.05) is 20.8 Å². The minimum absolute atomic E-state index is 0.0549. The van der Waals surface area contributed by atoms with E-state index >= 15 is 0 Å². The van der Waals surface area contributed by atoms with Crippen molar-refractivity contribution in [2.75, 3.05) is 20.1 Å². The van der Waals surface area contributed by atoms with Crippen LogP contribution in [0.1, 0.15) is 46.6 Å². The third-order valence-electron chi connectivity index (χ3n) is 6.87. The lowest BCUT2D eigenvalue weighted by Gasteiger charge is -2.37. The number of ether oxygens (including phenoxy) is 1. The van der Waals surface area contributed by atoms with E-state index < -0.39 is 17.5 Å². The average molecular weight is 477 g/mol. The highest BCUT2D eigenvalue weighted by Gasteiger charge is 2.53. The molecule has 2 heterocycles. The van der Waals surface area contributed by atoms with E-state index in [1.165, 1.54) is 19.1 Å². The second-order valence-corrected chi connectivity index (χ2v) is 10.3. The van der Waals surface area contributed by atoms with Crippen LogP contribution < -0.4 is 10.6 Å². The van der Waals surface area contributed by atoms with Gasteiger partial charge in [-0.3, -0.25) is 14.4 Å². The zero-order chi connectivity index (χ0) is 25.2. The molecule has 1 unspecified atom stereocenters. The Labute approximate surface area is 201 Å². The molecule has 34 heavy (non-hydrogen) atoms. The Balaban J connectivity index is 1.82. The summed E-state index contributed by atoms with van der Waals surface area (Å²) in [4.78, 5) is 42.3. The average Bonchev–Trinajstić information content (AvgIpc) is 3.36. The van der Waals surface area contributed by atoms with Crippen LogP contribution in [0.5, 0.6) is 0 Å². The van der Waals surface area contributed by atoms with Gasteiger partial charge in [0.25, 0.3) is 0 Å². The number of rotatable bonds is 7. The number of likely N-dealkylation sites (N-methyl/N-ethyl adjacent to an activating group) is 1. The summed E-state index contributed by atoms with van der Waals surface area (Å²) < 4.78 is 19.5. The molecular formula is C25H37FN4O4. The van der Waals surface area contributed by atoms with Gasteiger partial charge in [-0.15, -0.1) is 0 Å². The Morgan fingerprint density at radius 1 is 1.18 bits per heavy atom. The molecule has 0 spiro atoms. The van der Waals surface area contributed by atoms with Crippen LogP contribution in [0, 0.1) is 11.2 Å². The lowest BCUT2D eigenvalue weighted by Crippen LogP contribution is -2.59. The molecule has 0 aromatic heterocycles. The fourth-order valence-corrected chi connectivity index (χ4v) is 4.79. The summed E-state index contributed by atoms with van der Waals surface area (Å²) in [6.45, 7) is 10.2. The molecule has 8 nitrogen and oxygen atoms in total. The van der Waals surface area contributed by atoms with Gasteiger partial charge < -0.3 is 25.2 Å². The Morgan fingerprint density at radius 3 is 2.38 bits per heavy atom. The Bertz CT molecular complexity index is 901. The zero-order valence-corrected chi connectivity index (χ0v) is 20.9. The molecule has 1 aromatic rings. The number of fused-ring (bicyclic) bond motifs is 1. The first-order valence-electron chi connectivity index (χ1n) is 11.9. The van der Waals surface area contributed by atoms with Gasteiger partial charge in [0.15, 0.2) is 0 Å². The molecule has 0 radical (unpaired) electrons. The molecule has 5 atom stereocenters. The smallest absolute Gasteiger partial charge is 0.246 e. The second-order valence-electron chi connectivity index (χ2n) is 10.3. The molecule has 188 valence electrons. The van der Waals surface area contributed by atoms with E-state index in [2.05, 4.69) is 10.6 Å². The van der Waals surface area contributed by atoms with Crippen molar-refractivity contribution in [2.24, 2.45) is 5.41 Å². The molecule has 1 aromatic carbocycles. The molecule has 2 fully saturated rings. The number of likely N-dealkylation sites (tertiary alicyclic amines) is 2. The van der Waals surface area contributed by atoms with Crippen molar-refractivity contribution in [1.29, 1.82) is 0 Å². The Kier molecular flexibility index (Phi) is 7.98. The van der Waals surface area contributed by atoms with Crippen LogP contribution in [0.25, 0.3) is 0 Å². The third kappa shape index (κ3) is 5.58. The fraction of sp³-hybridized carbons (Fsp3) is 0.640. The number of hydrogen-bond donors (Lipinski definition) is 2. The number of benzene rings is 1. The summed E-state index contributed by atoms with van der Waals surface area (Å²) in [5, 5.41) is 5.83. The quantitative estimate of drug-likeness (QED) is 0.625. The first-order chi connectivity index (χ1) is 15.9. The van der Waals surface area contributed by atoms with Crippen molar-refractivity contribution in [3.8, 4) is 0 Å². The van der Waals surface area contributed by atoms with Gasteiger partial charge in [-0.2, -0.15) is 0 Å². The summed E-state index contributed by atoms with van der Waals surface area (Å²) >= 11 is 0. The summed E-state index contributed by atoms with van der Waals surface area (Å²) in [6, 6.07) is 4.49. The van der Waals surface area contributed by atoms with Crippen molar-refractivity contribution in [3.63, 3.8) is 0 Å². The van der Waals surface area contributed by atoms with Crippen LogP contribution in [0.15, 0.2) is 24.3 Å². The normalized spacial score (nSPS) is 24.0. The molecule has 3 rings (SSSR count). The van der Waals surface area contributed by atoms with Gasteiger partial charge >= 0.3 is 0 Å². The maximum Gasteiger partial charge on any atom is 0.246 e. The van der Waals surface area contributed by atoms with E-state index in [9.17, 15) is 18.8 Å². The zero-order valence-electron chi connectivity index (χ0n) is 20.9. The summed E-state index contributed by atoms with van der Waals surface area (Å²) in [5.74, 6) is -0.784. The van der Waals surface area contributed by atoms with Gasteiger partial charge in [-0.25, -0.2) is 4.39 Å². The molecule has 2 aliphatic rings. The standard InChI is InChI=1S/C25H37FN4O4/c1-15(27-6)23(32)28-22(25(3,4)5)24(33)29-12-11-19-21(29)20(13-30(19)16(2)31)34-14-17-7-9-18(26)10-8-17/h7-10,15,19-22,27H,11-14H2,1-6H3,(H,28,32)/t15-,19+,20-,21-,22?/m0/s1. The van der Waals surface area contributed by atoms with Gasteiger partial charge in [0, 0.05) is 20.0 Å². The Hall–Kier alpha value is -2.52. The minimum Gasteiger partial charge on any atom is -0.369 e. The van der Waals surface area contributed by atoms with Crippen molar-refractivity contribution >= 4 is 17.7 Å². The Morgan fingerprint density at radius 2 is 1.82 bits per heavy atom. The van der Waals surface area contributed by atoms with Crippen molar-refractivity contribution < 1.29 is 23.5 Å². The molecule has 2 N–H and O–H groups in total. The highest BCUT2D eigenvalue weighted by atomic mass is 19.1. The van der Waals surface area contributed by atoms with Crippen LogP contribution in [0.3, 0.4) is 0 Å². The van der Waals surface area contributed by atoms with Crippen LogP contribution >= 0.6 is 0 Å². The van der Waals surface area contributed by atoms with Crippen LogP contribution in [-0.4, -0.2) is 77.9 Å².